The molecule has 33 heavy (non-hydrogen) atoms. The normalized spacial score (nSPS) is 28.8. The van der Waals surface area contributed by atoms with Crippen molar-refractivity contribution >= 4 is 29.2 Å². The summed E-state index contributed by atoms with van der Waals surface area (Å²) in [5.74, 6) is -1.70. The Kier molecular flexibility index (Phi) is 7.62. The topological polar surface area (TPSA) is 108 Å². The third-order valence-corrected chi connectivity index (χ3v) is 6.79. The highest BCUT2D eigenvalue weighted by molar-refractivity contribution is 6.01. The number of anilines is 2. The number of imide groups is 1. The fourth-order valence-corrected chi connectivity index (χ4v) is 5.26. The van der Waals surface area contributed by atoms with Crippen LogP contribution in [-0.4, -0.2) is 53.2 Å². The largest absolute Gasteiger partial charge is 0.465 e. The number of hydrogen-bond donors (Lipinski definition) is 3. The van der Waals surface area contributed by atoms with Crippen LogP contribution in [0.4, 0.5) is 15.8 Å². The smallest absolute Gasteiger partial charge is 0.302 e. The second kappa shape index (κ2) is 10.1. The zero-order valence-electron chi connectivity index (χ0n) is 19.7. The quantitative estimate of drug-likeness (QED) is 0.422. The van der Waals surface area contributed by atoms with Crippen LogP contribution in [0.25, 0.3) is 0 Å². The van der Waals surface area contributed by atoms with Crippen molar-refractivity contribution in [2.45, 2.75) is 83.5 Å². The SMILES string of the molecule is CCC(COC(C)=O)C1(O)C[C@@H](C)N(c2ccc(NC3CCC(=O)NC3=O)cc2F)[C@@H](C)C1. The molecule has 182 valence electrons. The number of piperidine rings is 2. The average Bonchev–Trinajstić information content (AvgIpc) is 2.71. The lowest BCUT2D eigenvalue weighted by Crippen LogP contribution is -2.57. The molecule has 0 saturated carbocycles. The van der Waals surface area contributed by atoms with E-state index in [1.54, 1.807) is 12.1 Å². The van der Waals surface area contributed by atoms with Crippen molar-refractivity contribution in [2.75, 3.05) is 16.8 Å². The summed E-state index contributed by atoms with van der Waals surface area (Å²) in [5, 5.41) is 16.7. The molecule has 9 heteroatoms. The van der Waals surface area contributed by atoms with Gasteiger partial charge >= 0.3 is 5.97 Å². The monoisotopic (exact) mass is 463 g/mol. The minimum atomic E-state index is -1.01. The van der Waals surface area contributed by atoms with Crippen LogP contribution in [-0.2, 0) is 19.1 Å². The van der Waals surface area contributed by atoms with Gasteiger partial charge in [0.25, 0.3) is 0 Å². The van der Waals surface area contributed by atoms with Crippen molar-refractivity contribution < 1.29 is 28.6 Å². The number of hydrogen-bond acceptors (Lipinski definition) is 7. The van der Waals surface area contributed by atoms with Gasteiger partial charge in [-0.1, -0.05) is 6.92 Å². The summed E-state index contributed by atoms with van der Waals surface area (Å²) in [6.07, 6.45) is 2.11. The maximum Gasteiger partial charge on any atom is 0.302 e. The molecular formula is C24H34FN3O5. The van der Waals surface area contributed by atoms with Crippen LogP contribution >= 0.6 is 0 Å². The molecule has 5 atom stereocenters. The number of halogens is 1. The van der Waals surface area contributed by atoms with E-state index in [1.165, 1.54) is 13.0 Å². The fourth-order valence-electron chi connectivity index (χ4n) is 5.26. The molecule has 1 aromatic rings. The standard InChI is InChI=1S/C24H34FN3O5/c1-5-17(13-33-16(4)29)24(32)11-14(2)28(15(3)12-24)21-8-6-18(10-19(21)25)26-20-7-9-22(30)27-23(20)31/h6,8,10,14-15,17,20,26,32H,5,7,9,11-13H2,1-4H3,(H,27,30,31)/t14-,15+,17?,20?,24?. The summed E-state index contributed by atoms with van der Waals surface area (Å²) in [7, 11) is 0. The van der Waals surface area contributed by atoms with Crippen LogP contribution < -0.4 is 15.5 Å². The second-order valence-corrected chi connectivity index (χ2v) is 9.34. The highest BCUT2D eigenvalue weighted by atomic mass is 19.1. The van der Waals surface area contributed by atoms with Crippen molar-refractivity contribution in [3.63, 3.8) is 0 Å². The molecule has 1 aromatic carbocycles. The first kappa shape index (κ1) is 25.0. The van der Waals surface area contributed by atoms with E-state index < -0.39 is 23.4 Å². The Hall–Kier alpha value is -2.68. The van der Waals surface area contributed by atoms with Gasteiger partial charge in [0.15, 0.2) is 0 Å². The molecule has 3 rings (SSSR count). The molecule has 3 N–H and O–H groups in total. The van der Waals surface area contributed by atoms with Crippen molar-refractivity contribution in [2.24, 2.45) is 5.92 Å². The lowest BCUT2D eigenvalue weighted by Gasteiger charge is -2.50. The predicted molar refractivity (Wildman–Crippen MR) is 122 cm³/mol. The van der Waals surface area contributed by atoms with Crippen LogP contribution in [0.3, 0.4) is 0 Å². The van der Waals surface area contributed by atoms with Gasteiger partial charge in [-0.25, -0.2) is 4.39 Å². The zero-order valence-corrected chi connectivity index (χ0v) is 19.7. The number of ether oxygens (including phenoxy) is 1. The minimum absolute atomic E-state index is 0.145. The summed E-state index contributed by atoms with van der Waals surface area (Å²) in [6.45, 7) is 7.38. The molecular weight excluding hydrogens is 429 g/mol. The number of carbonyl (C=O) groups excluding carboxylic acids is 3. The lowest BCUT2D eigenvalue weighted by atomic mass is 9.73. The number of esters is 1. The van der Waals surface area contributed by atoms with Crippen molar-refractivity contribution in [3.05, 3.63) is 24.0 Å². The van der Waals surface area contributed by atoms with Crippen molar-refractivity contribution in [1.82, 2.24) is 5.32 Å². The summed E-state index contributed by atoms with van der Waals surface area (Å²) in [6, 6.07) is 3.88. The van der Waals surface area contributed by atoms with Gasteiger partial charge in [-0.2, -0.15) is 0 Å². The maximum absolute atomic E-state index is 15.2. The van der Waals surface area contributed by atoms with E-state index in [0.717, 1.165) is 0 Å². The van der Waals surface area contributed by atoms with Crippen LogP contribution in [0.5, 0.6) is 0 Å². The number of amides is 2. The summed E-state index contributed by atoms with van der Waals surface area (Å²) in [4.78, 5) is 36.5. The third-order valence-electron chi connectivity index (χ3n) is 6.79. The van der Waals surface area contributed by atoms with E-state index in [9.17, 15) is 19.5 Å². The van der Waals surface area contributed by atoms with Gasteiger partial charge in [-0.15, -0.1) is 0 Å². The van der Waals surface area contributed by atoms with Gasteiger partial charge in [0.05, 0.1) is 17.9 Å². The first-order chi connectivity index (χ1) is 15.5. The van der Waals surface area contributed by atoms with Gasteiger partial charge < -0.3 is 20.1 Å². The van der Waals surface area contributed by atoms with E-state index >= 15 is 4.39 Å². The zero-order chi connectivity index (χ0) is 24.3. The highest BCUT2D eigenvalue weighted by Crippen LogP contribution is 2.41. The number of nitrogens with one attached hydrogen (secondary N) is 2. The molecule has 2 aliphatic rings. The molecule has 2 aliphatic heterocycles. The number of benzene rings is 1. The Bertz CT molecular complexity index is 896. The van der Waals surface area contributed by atoms with Gasteiger partial charge in [0.1, 0.15) is 11.9 Å². The lowest BCUT2D eigenvalue weighted by molar-refractivity contribution is -0.147. The minimum Gasteiger partial charge on any atom is -0.465 e. The molecule has 2 saturated heterocycles. The molecule has 3 unspecified atom stereocenters. The highest BCUT2D eigenvalue weighted by Gasteiger charge is 2.45. The number of aliphatic hydroxyl groups is 1. The maximum atomic E-state index is 15.2. The first-order valence-electron chi connectivity index (χ1n) is 11.6. The summed E-state index contributed by atoms with van der Waals surface area (Å²) < 4.78 is 20.3. The average molecular weight is 464 g/mol. The van der Waals surface area contributed by atoms with E-state index in [4.69, 9.17) is 4.74 Å². The Morgan fingerprint density at radius 2 is 2.00 bits per heavy atom. The molecule has 0 spiro atoms. The molecule has 2 heterocycles. The van der Waals surface area contributed by atoms with E-state index in [1.807, 2.05) is 25.7 Å². The van der Waals surface area contributed by atoms with E-state index in [2.05, 4.69) is 10.6 Å². The number of rotatable bonds is 7. The van der Waals surface area contributed by atoms with E-state index in [-0.39, 0.29) is 42.9 Å². The van der Waals surface area contributed by atoms with Crippen molar-refractivity contribution in [3.8, 4) is 0 Å². The summed E-state index contributed by atoms with van der Waals surface area (Å²) in [5.41, 5.74) is -0.116. The molecule has 8 nitrogen and oxygen atoms in total. The molecule has 2 amide bonds. The second-order valence-electron chi connectivity index (χ2n) is 9.34. The number of carbonyl (C=O) groups is 3. The Morgan fingerprint density at radius 3 is 2.55 bits per heavy atom. The molecule has 0 radical (unpaired) electrons. The van der Waals surface area contributed by atoms with Crippen LogP contribution in [0.2, 0.25) is 0 Å². The molecule has 2 fully saturated rings. The van der Waals surface area contributed by atoms with Gasteiger partial charge in [-0.05, 0) is 57.7 Å². The molecule has 0 bridgehead atoms. The predicted octanol–water partition coefficient (Wildman–Crippen LogP) is 2.74. The molecule has 0 aromatic heterocycles. The van der Waals surface area contributed by atoms with Crippen LogP contribution in [0.15, 0.2) is 18.2 Å². The van der Waals surface area contributed by atoms with Crippen LogP contribution in [0.1, 0.15) is 59.8 Å². The Morgan fingerprint density at radius 1 is 1.33 bits per heavy atom. The van der Waals surface area contributed by atoms with Crippen LogP contribution in [0, 0.1) is 11.7 Å². The first-order valence-corrected chi connectivity index (χ1v) is 11.6. The Labute approximate surface area is 193 Å². The Balaban J connectivity index is 1.72. The van der Waals surface area contributed by atoms with Gasteiger partial charge in [0.2, 0.25) is 11.8 Å². The van der Waals surface area contributed by atoms with Gasteiger partial charge in [-0.3, -0.25) is 19.7 Å². The number of nitrogens with zero attached hydrogens (tertiary/aromatic N) is 1. The molecule has 0 aliphatic carbocycles. The third kappa shape index (κ3) is 5.63. The fraction of sp³-hybridized carbons (Fsp3) is 0.625. The van der Waals surface area contributed by atoms with Crippen molar-refractivity contribution in [1.29, 1.82) is 0 Å². The van der Waals surface area contributed by atoms with E-state index in [0.29, 0.717) is 37.1 Å². The summed E-state index contributed by atoms with van der Waals surface area (Å²) >= 11 is 0. The van der Waals surface area contributed by atoms with Gasteiger partial charge in [0, 0.05) is 37.0 Å².